The van der Waals surface area contributed by atoms with Crippen LogP contribution in [-0.2, 0) is 6.42 Å². The lowest BCUT2D eigenvalue weighted by Crippen LogP contribution is -2.32. The van der Waals surface area contributed by atoms with Crippen LogP contribution in [0.3, 0.4) is 0 Å². The van der Waals surface area contributed by atoms with E-state index in [-0.39, 0.29) is 0 Å². The normalized spacial score (nSPS) is 15.4. The number of allylic oxidation sites excluding steroid dienone is 4. The van der Waals surface area contributed by atoms with E-state index < -0.39 is 41.3 Å². The largest absolute Gasteiger partial charge is 0.351 e. The van der Waals surface area contributed by atoms with Crippen LogP contribution in [0.25, 0.3) is 10.9 Å². The van der Waals surface area contributed by atoms with Crippen LogP contribution in [0.2, 0.25) is 0 Å². The van der Waals surface area contributed by atoms with E-state index in [0.717, 1.165) is 5.69 Å². The summed E-state index contributed by atoms with van der Waals surface area (Å²) in [6, 6.07) is 8.01. The first kappa shape index (κ1) is 18.5. The summed E-state index contributed by atoms with van der Waals surface area (Å²) in [5.41, 5.74) is -1.03. The molecular weight excluding hydrogens is 362 g/mol. The highest BCUT2D eigenvalue weighted by Crippen LogP contribution is 2.41. The van der Waals surface area contributed by atoms with Crippen molar-refractivity contribution in [2.75, 3.05) is 0 Å². The van der Waals surface area contributed by atoms with Gasteiger partial charge in [0.05, 0.1) is 46.1 Å². The quantitative estimate of drug-likeness (QED) is 0.794. The van der Waals surface area contributed by atoms with Gasteiger partial charge in [-0.15, -0.1) is 0 Å². The molecule has 0 aliphatic carbocycles. The number of fused-ring (bicyclic) bond motifs is 1. The van der Waals surface area contributed by atoms with Crippen LogP contribution in [0.1, 0.15) is 24.1 Å². The Morgan fingerprint density at radius 3 is 2.15 bits per heavy atom. The Hall–Kier alpha value is -3.33. The lowest BCUT2D eigenvalue weighted by atomic mass is 9.81. The first-order chi connectivity index (χ1) is 12.9. The minimum absolute atomic E-state index is 0.296. The molecule has 2 aromatic rings. The van der Waals surface area contributed by atoms with Crippen LogP contribution in [-0.4, -0.2) is 23.0 Å². The molecule has 0 spiro atoms. The molecule has 0 radical (unpaired) electrons. The molecule has 1 aromatic carbocycles. The number of rotatable bonds is 4. The van der Waals surface area contributed by atoms with Crippen molar-refractivity contribution in [3.63, 3.8) is 0 Å². The number of dihydropyridines is 1. The molecule has 0 unspecified atom stereocenters. The minimum Gasteiger partial charge on any atom is -0.351 e. The van der Waals surface area contributed by atoms with Crippen LogP contribution in [0.4, 0.5) is 17.6 Å². The maximum absolute atomic E-state index is 13.4. The molecule has 9 heteroatoms. The minimum atomic E-state index is -3.17. The molecule has 5 nitrogen and oxygen atoms in total. The fourth-order valence-electron chi connectivity index (χ4n) is 3.19. The van der Waals surface area contributed by atoms with E-state index in [0.29, 0.717) is 22.9 Å². The topological polar surface area (TPSA) is 88.3 Å². The molecule has 2 heterocycles. The Morgan fingerprint density at radius 1 is 1.07 bits per heavy atom. The molecule has 0 fully saturated rings. The maximum Gasteiger partial charge on any atom is 0.279 e. The zero-order valence-electron chi connectivity index (χ0n) is 14.0. The first-order valence-corrected chi connectivity index (χ1v) is 8.01. The van der Waals surface area contributed by atoms with Crippen molar-refractivity contribution in [2.45, 2.75) is 32.1 Å². The molecule has 27 heavy (non-hydrogen) atoms. The number of halogens is 4. The number of alkyl halides is 4. The smallest absolute Gasteiger partial charge is 0.279 e. The summed E-state index contributed by atoms with van der Waals surface area (Å²) in [6.07, 6.45) is -5.72. The number of aromatic amines is 1. The van der Waals surface area contributed by atoms with Crippen molar-refractivity contribution in [1.82, 2.24) is 15.5 Å². The number of hydrogen-bond acceptors (Lipinski definition) is 4. The highest BCUT2D eigenvalue weighted by molar-refractivity contribution is 5.82. The number of benzene rings is 1. The summed E-state index contributed by atoms with van der Waals surface area (Å²) >= 11 is 0. The van der Waals surface area contributed by atoms with Crippen molar-refractivity contribution in [3.8, 4) is 12.1 Å². The molecule has 2 N–H and O–H groups in total. The average molecular weight is 375 g/mol. The van der Waals surface area contributed by atoms with Gasteiger partial charge < -0.3 is 5.32 Å². The number of H-pyrrole nitrogens is 1. The lowest BCUT2D eigenvalue weighted by Gasteiger charge is -2.28. The number of nitrogens with one attached hydrogen (secondary N) is 2. The van der Waals surface area contributed by atoms with Crippen molar-refractivity contribution in [2.24, 2.45) is 0 Å². The van der Waals surface area contributed by atoms with Crippen LogP contribution in [0.15, 0.2) is 40.7 Å². The zero-order valence-corrected chi connectivity index (χ0v) is 14.0. The second-order valence-electron chi connectivity index (χ2n) is 5.87. The Balaban J connectivity index is 2.29. The molecule has 0 amide bonds. The fraction of sp³-hybridized carbons (Fsp3) is 0.278. The van der Waals surface area contributed by atoms with E-state index in [1.165, 1.54) is 6.07 Å². The fourth-order valence-corrected chi connectivity index (χ4v) is 3.19. The van der Waals surface area contributed by atoms with Gasteiger partial charge in [-0.3, -0.25) is 5.10 Å². The third-order valence-corrected chi connectivity index (χ3v) is 4.45. The zero-order chi connectivity index (χ0) is 19.7. The molecule has 0 bridgehead atoms. The molecular formula is C18H13F4N5. The van der Waals surface area contributed by atoms with Gasteiger partial charge in [0.1, 0.15) is 0 Å². The van der Waals surface area contributed by atoms with Crippen molar-refractivity contribution in [1.29, 1.82) is 10.5 Å². The molecule has 0 saturated carbocycles. The standard InChI is InChI=1S/C18H13F4N5/c1-2-12-9-5-8(3-4-13(9)27-26-12)14-10(6-23)15(17(19)20)25-16(18(21)22)11(14)7-24/h3-5,14,17-18,25H,2H2,1H3,(H,26,27). The number of nitrogens with zero attached hydrogens (tertiary/aromatic N) is 3. The highest BCUT2D eigenvalue weighted by atomic mass is 19.3. The molecule has 0 atom stereocenters. The van der Waals surface area contributed by atoms with E-state index >= 15 is 0 Å². The van der Waals surface area contributed by atoms with E-state index in [1.807, 2.05) is 12.2 Å². The summed E-state index contributed by atoms with van der Waals surface area (Å²) < 4.78 is 53.6. The number of hydrogen-bond donors (Lipinski definition) is 2. The highest BCUT2D eigenvalue weighted by Gasteiger charge is 2.37. The van der Waals surface area contributed by atoms with Crippen molar-refractivity contribution in [3.05, 3.63) is 52.0 Å². The van der Waals surface area contributed by atoms with Gasteiger partial charge in [0.2, 0.25) is 0 Å². The third kappa shape index (κ3) is 3.02. The Kier molecular flexibility index (Phi) is 4.87. The molecule has 1 aliphatic heterocycles. The van der Waals surface area contributed by atoms with E-state index in [4.69, 9.17) is 0 Å². The number of aryl methyl sites for hydroxylation is 1. The van der Waals surface area contributed by atoms with Crippen molar-refractivity contribution < 1.29 is 17.6 Å². The summed E-state index contributed by atoms with van der Waals surface area (Å²) in [7, 11) is 0. The van der Waals surface area contributed by atoms with Gasteiger partial charge in [0, 0.05) is 11.1 Å². The molecule has 1 aromatic heterocycles. The summed E-state index contributed by atoms with van der Waals surface area (Å²) in [5, 5.41) is 28.4. The predicted molar refractivity (Wildman–Crippen MR) is 88.6 cm³/mol. The molecule has 0 saturated heterocycles. The van der Waals surface area contributed by atoms with Gasteiger partial charge in [-0.05, 0) is 24.1 Å². The SMILES string of the molecule is CCc1[nH]nc2ccc(C3C(C#N)=C(C(F)F)NC(C(F)F)=C3C#N)cc12. The molecule has 138 valence electrons. The van der Waals surface area contributed by atoms with Gasteiger partial charge in [0.15, 0.2) is 0 Å². The summed E-state index contributed by atoms with van der Waals surface area (Å²) in [4.78, 5) is 0. The van der Waals surface area contributed by atoms with Gasteiger partial charge in [-0.25, -0.2) is 17.6 Å². The van der Waals surface area contributed by atoms with Crippen LogP contribution in [0.5, 0.6) is 0 Å². The summed E-state index contributed by atoms with van der Waals surface area (Å²) in [6.45, 7) is 1.88. The lowest BCUT2D eigenvalue weighted by molar-refractivity contribution is 0.159. The first-order valence-electron chi connectivity index (χ1n) is 8.01. The second kappa shape index (κ2) is 7.12. The molecule has 3 rings (SSSR count). The van der Waals surface area contributed by atoms with Crippen molar-refractivity contribution >= 4 is 10.9 Å². The second-order valence-corrected chi connectivity index (χ2v) is 5.87. The predicted octanol–water partition coefficient (Wildman–Crippen LogP) is 3.90. The van der Waals surface area contributed by atoms with Gasteiger partial charge >= 0.3 is 0 Å². The average Bonchev–Trinajstić information content (AvgIpc) is 3.07. The van der Waals surface area contributed by atoms with Crippen LogP contribution in [0, 0.1) is 22.7 Å². The Bertz CT molecular complexity index is 994. The number of nitriles is 2. The van der Waals surface area contributed by atoms with Crippen LogP contribution >= 0.6 is 0 Å². The maximum atomic E-state index is 13.4. The monoisotopic (exact) mass is 375 g/mol. The van der Waals surface area contributed by atoms with Gasteiger partial charge in [0.25, 0.3) is 12.9 Å². The van der Waals surface area contributed by atoms with E-state index in [1.54, 1.807) is 24.3 Å². The summed E-state index contributed by atoms with van der Waals surface area (Å²) in [5.74, 6) is -1.31. The Morgan fingerprint density at radius 2 is 1.67 bits per heavy atom. The van der Waals surface area contributed by atoms with Gasteiger partial charge in [-0.1, -0.05) is 13.0 Å². The Labute approximate surface area is 151 Å². The van der Waals surface area contributed by atoms with Crippen LogP contribution < -0.4 is 5.32 Å². The third-order valence-electron chi connectivity index (χ3n) is 4.45. The van der Waals surface area contributed by atoms with E-state index in [2.05, 4.69) is 10.2 Å². The van der Waals surface area contributed by atoms with Gasteiger partial charge in [-0.2, -0.15) is 15.6 Å². The van der Waals surface area contributed by atoms with E-state index in [9.17, 15) is 28.1 Å². The number of aromatic nitrogens is 2. The molecule has 1 aliphatic rings.